The maximum absolute atomic E-state index is 15.7. The molecular weight excluding hydrogens is 962 g/mol. The van der Waals surface area contributed by atoms with Gasteiger partial charge in [0.1, 0.15) is 43.0 Å². The molecule has 18 nitrogen and oxygen atoms in total. The minimum absolute atomic E-state index is 0.0110. The number of aromatic nitrogens is 4. The Morgan fingerprint density at radius 3 is 1.75 bits per heavy atom. The van der Waals surface area contributed by atoms with Crippen LogP contribution in [0.1, 0.15) is 86.8 Å². The van der Waals surface area contributed by atoms with Crippen LogP contribution in [0.2, 0.25) is 5.04 Å². The van der Waals surface area contributed by atoms with Crippen molar-refractivity contribution >= 4 is 32.5 Å². The minimum Gasteiger partial charge on any atom is -0.456 e. The number of H-pyrrole nitrogens is 2. The van der Waals surface area contributed by atoms with Gasteiger partial charge in [-0.3, -0.25) is 42.3 Å². The topological polar surface area (TPSA) is 232 Å². The summed E-state index contributed by atoms with van der Waals surface area (Å²) in [7, 11) is -8.36. The number of nitriles is 1. The number of benzene rings is 3. The monoisotopic (exact) mass is 1020 g/mol. The van der Waals surface area contributed by atoms with Crippen LogP contribution >= 0.6 is 7.82 Å². The van der Waals surface area contributed by atoms with Gasteiger partial charge in [0.25, 0.3) is 19.4 Å². The molecule has 0 amide bonds. The molecule has 4 heterocycles. The second-order valence-corrected chi connectivity index (χ2v) is 24.5. The van der Waals surface area contributed by atoms with E-state index in [1.807, 2.05) is 66.7 Å². The number of esters is 1. The van der Waals surface area contributed by atoms with E-state index < -0.39 is 105 Å². The first-order valence-electron chi connectivity index (χ1n) is 23.6. The van der Waals surface area contributed by atoms with E-state index in [0.29, 0.717) is 0 Å². The van der Waals surface area contributed by atoms with E-state index in [2.05, 4.69) is 43.9 Å². The Morgan fingerprint density at radius 1 is 0.792 bits per heavy atom. The zero-order valence-electron chi connectivity index (χ0n) is 40.8. The summed E-state index contributed by atoms with van der Waals surface area (Å²) < 4.78 is 64.2. The van der Waals surface area contributed by atoms with Crippen LogP contribution in [0.25, 0.3) is 0 Å². The van der Waals surface area contributed by atoms with Crippen molar-refractivity contribution < 1.29 is 41.6 Å². The molecule has 1 unspecified atom stereocenters. The maximum atomic E-state index is 15.7. The van der Waals surface area contributed by atoms with Crippen LogP contribution in [0, 0.1) is 25.2 Å². The number of aryl methyl sites for hydroxylation is 2. The van der Waals surface area contributed by atoms with Gasteiger partial charge in [0, 0.05) is 42.8 Å². The molecule has 2 aliphatic rings. The number of nitrogens with one attached hydrogen (secondary N) is 2. The first kappa shape index (κ1) is 53.5. The molecule has 380 valence electrons. The molecule has 3 aromatic carbocycles. The molecule has 0 bridgehead atoms. The first-order chi connectivity index (χ1) is 34.4. The van der Waals surface area contributed by atoms with Gasteiger partial charge in [0.15, 0.2) is 0 Å². The smallest absolute Gasteiger partial charge is 0.456 e. The Kier molecular flexibility index (Phi) is 17.1. The summed E-state index contributed by atoms with van der Waals surface area (Å²) in [5.74, 6) is -0.710. The highest BCUT2D eigenvalue weighted by Gasteiger charge is 2.56. The summed E-state index contributed by atoms with van der Waals surface area (Å²) in [5, 5.41) is 11.0. The minimum atomic E-state index is -4.94. The summed E-state index contributed by atoms with van der Waals surface area (Å²) in [6, 6.07) is 29.9. The van der Waals surface area contributed by atoms with E-state index in [-0.39, 0.29) is 48.8 Å². The van der Waals surface area contributed by atoms with Crippen LogP contribution in [0.3, 0.4) is 0 Å². The quantitative estimate of drug-likeness (QED) is 0.0266. The third-order valence-corrected chi connectivity index (χ3v) is 19.3. The lowest BCUT2D eigenvalue weighted by atomic mass is 10.0. The summed E-state index contributed by atoms with van der Waals surface area (Å²) in [6.07, 6.45) is -3.89. The van der Waals surface area contributed by atoms with Gasteiger partial charge in [0.05, 0.1) is 30.8 Å². The second kappa shape index (κ2) is 23.0. The summed E-state index contributed by atoms with van der Waals surface area (Å²) >= 11 is 0. The van der Waals surface area contributed by atoms with Gasteiger partial charge in [-0.05, 0) is 47.8 Å². The van der Waals surface area contributed by atoms with Crippen molar-refractivity contribution in [2.45, 2.75) is 121 Å². The predicted octanol–water partition coefficient (Wildman–Crippen LogP) is 6.41. The molecule has 72 heavy (non-hydrogen) atoms. The van der Waals surface area contributed by atoms with E-state index in [0.717, 1.165) is 14.9 Å². The number of rotatable bonds is 21. The van der Waals surface area contributed by atoms with Crippen LogP contribution in [-0.2, 0) is 36.8 Å². The SMILES string of the molecule is C=CC[C@H](OC(=O)c1ccccc1)[C@H]1O[C@@H](n2cc(C)c(=O)[nH]c2=O)C[C@@H]1OP(=O)(OCCC#N)O[C@@H](CC=C)[C@H]1O[C@@H](n2cc(C)c(=O)[nH]c2=O)C[C@@H]1O[Si](c1ccccc1)(c1ccccc1)C(C)(C)C. The maximum Gasteiger partial charge on any atom is 0.475 e. The molecule has 7 rings (SSSR count). The largest absolute Gasteiger partial charge is 0.475 e. The molecule has 20 heteroatoms. The van der Waals surface area contributed by atoms with Crippen molar-refractivity contribution in [2.75, 3.05) is 6.61 Å². The van der Waals surface area contributed by atoms with Crippen molar-refractivity contribution in [3.63, 3.8) is 0 Å². The van der Waals surface area contributed by atoms with Gasteiger partial charge in [-0.1, -0.05) is 112 Å². The molecular formula is C52H60N5O13PSi. The van der Waals surface area contributed by atoms with E-state index in [1.165, 1.54) is 36.0 Å². The molecule has 0 radical (unpaired) electrons. The number of carbonyl (C=O) groups excluding carboxylic acids is 1. The lowest BCUT2D eigenvalue weighted by Gasteiger charge is -2.45. The van der Waals surface area contributed by atoms with Crippen LogP contribution < -0.4 is 32.9 Å². The van der Waals surface area contributed by atoms with Crippen molar-refractivity contribution in [1.29, 1.82) is 5.26 Å². The number of phosphoric acid groups is 1. The molecule has 0 spiro atoms. The fourth-order valence-corrected chi connectivity index (χ4v) is 15.5. The molecule has 0 saturated carbocycles. The molecule has 2 fully saturated rings. The molecule has 2 aliphatic heterocycles. The van der Waals surface area contributed by atoms with E-state index in [1.54, 1.807) is 37.3 Å². The summed E-state index contributed by atoms with van der Waals surface area (Å²) in [6.45, 7) is 16.8. The Bertz CT molecular complexity index is 3000. The summed E-state index contributed by atoms with van der Waals surface area (Å²) in [5.41, 5.74) is -2.01. The Morgan fingerprint density at radius 2 is 1.26 bits per heavy atom. The van der Waals surface area contributed by atoms with E-state index in [9.17, 15) is 29.2 Å². The molecule has 9 atom stereocenters. The van der Waals surface area contributed by atoms with Gasteiger partial charge in [-0.2, -0.15) is 5.26 Å². The normalized spacial score (nSPS) is 21.8. The Hall–Kier alpha value is -6.33. The number of carbonyl (C=O) groups is 1. The Labute approximate surface area is 417 Å². The van der Waals surface area contributed by atoms with Crippen LogP contribution in [-0.4, -0.2) is 76.6 Å². The zero-order chi connectivity index (χ0) is 51.8. The Balaban J connectivity index is 1.33. The van der Waals surface area contributed by atoms with Gasteiger partial charge in [0.2, 0.25) is 0 Å². The third kappa shape index (κ3) is 11.8. The third-order valence-electron chi connectivity index (χ3n) is 12.7. The molecule has 5 aromatic rings. The number of nitrogens with zero attached hydrogens (tertiary/aromatic N) is 3. The zero-order valence-corrected chi connectivity index (χ0v) is 42.7. The molecule has 2 N–H and O–H groups in total. The molecule has 0 aliphatic carbocycles. The van der Waals surface area contributed by atoms with Gasteiger partial charge >= 0.3 is 25.2 Å². The van der Waals surface area contributed by atoms with Crippen molar-refractivity contribution in [3.05, 3.63) is 187 Å². The van der Waals surface area contributed by atoms with Crippen molar-refractivity contribution in [1.82, 2.24) is 19.1 Å². The number of ether oxygens (including phenoxy) is 3. The van der Waals surface area contributed by atoms with Crippen LogP contribution in [0.4, 0.5) is 0 Å². The van der Waals surface area contributed by atoms with Gasteiger partial charge < -0.3 is 18.6 Å². The number of aromatic amines is 2. The second-order valence-electron chi connectivity index (χ2n) is 18.7. The average Bonchev–Trinajstić information content (AvgIpc) is 3.97. The summed E-state index contributed by atoms with van der Waals surface area (Å²) in [4.78, 5) is 70.2. The lowest BCUT2D eigenvalue weighted by molar-refractivity contribution is -0.0985. The average molecular weight is 1020 g/mol. The lowest BCUT2D eigenvalue weighted by Crippen LogP contribution is -2.68. The highest BCUT2D eigenvalue weighted by molar-refractivity contribution is 7.48. The highest BCUT2D eigenvalue weighted by Crippen LogP contribution is 2.56. The molecule has 2 saturated heterocycles. The molecule has 2 aromatic heterocycles. The van der Waals surface area contributed by atoms with Crippen LogP contribution in [0.15, 0.2) is 148 Å². The van der Waals surface area contributed by atoms with E-state index >= 15 is 4.57 Å². The first-order valence-corrected chi connectivity index (χ1v) is 27.0. The predicted molar refractivity (Wildman–Crippen MR) is 270 cm³/mol. The van der Waals surface area contributed by atoms with E-state index in [4.69, 9.17) is 32.2 Å². The number of hydrogen-bond donors (Lipinski definition) is 2. The highest BCUT2D eigenvalue weighted by atomic mass is 31.2. The van der Waals surface area contributed by atoms with Crippen molar-refractivity contribution in [2.24, 2.45) is 0 Å². The fraction of sp³-hybridized carbons (Fsp3) is 0.385. The van der Waals surface area contributed by atoms with Gasteiger partial charge in [-0.15, -0.1) is 13.2 Å². The van der Waals surface area contributed by atoms with Crippen molar-refractivity contribution in [3.8, 4) is 6.07 Å². The standard InChI is InChI=1S/C52H60N5O13PSi/c1-8-20-39(65-49(60)36-22-13-10-14-23-36)45-41(30-43(66-45)56-32-34(3)47(58)54-50(56)61)69-71(63,64-29-19-28-53)68-40(21-9-2)46-42(31-44(67-46)57-33-35(4)48(59)55-51(57)62)70-72(52(5,6)7,37-24-15-11-16-25-37)38-26-17-12-18-27-38/h8-18,22-27,32-33,39-46H,1-2,19-21,29-31H2,3-7H3,(H,54,58,61)(H,55,59,62)/t39-,40-,41-,42-,43+,44+,45+,46+,71?/m0/s1. The van der Waals surface area contributed by atoms with Crippen LogP contribution in [0.5, 0.6) is 0 Å². The fourth-order valence-electron chi connectivity index (χ4n) is 9.28. The number of phosphoric ester groups is 1. The number of hydrogen-bond acceptors (Lipinski definition) is 14. The van der Waals surface area contributed by atoms with Gasteiger partial charge in [-0.25, -0.2) is 18.9 Å².